The summed E-state index contributed by atoms with van der Waals surface area (Å²) >= 11 is 1.56. The predicted octanol–water partition coefficient (Wildman–Crippen LogP) is 3.86. The molecule has 0 aliphatic heterocycles. The zero-order chi connectivity index (χ0) is 18.9. The third kappa shape index (κ3) is 3.88. The van der Waals surface area contributed by atoms with Gasteiger partial charge in [-0.1, -0.05) is 6.07 Å². The van der Waals surface area contributed by atoms with Crippen LogP contribution < -0.4 is 15.6 Å². The van der Waals surface area contributed by atoms with Gasteiger partial charge in [0.2, 0.25) is 0 Å². The quantitative estimate of drug-likeness (QED) is 0.640. The zero-order valence-electron chi connectivity index (χ0n) is 15.2. The SMILES string of the molecule is Cc1ccc(Nc2c(NSC3(CCO)CC3)cn(C)c(=O)c2C)c(F)c1. The number of pyridine rings is 1. The minimum absolute atomic E-state index is 0.0454. The van der Waals surface area contributed by atoms with Crippen molar-refractivity contribution in [2.45, 2.75) is 37.9 Å². The minimum Gasteiger partial charge on any atom is -0.396 e. The topological polar surface area (TPSA) is 66.3 Å². The Bertz CT molecular complexity index is 878. The van der Waals surface area contributed by atoms with Crippen LogP contribution in [0.15, 0.2) is 29.2 Å². The van der Waals surface area contributed by atoms with E-state index in [0.29, 0.717) is 16.9 Å². The number of aryl methyl sites for hydroxylation is 2. The van der Waals surface area contributed by atoms with Crippen molar-refractivity contribution in [1.29, 1.82) is 0 Å². The van der Waals surface area contributed by atoms with Crippen molar-refractivity contribution in [2.24, 2.45) is 7.05 Å². The Hall–Kier alpha value is -1.99. The van der Waals surface area contributed by atoms with Crippen molar-refractivity contribution in [3.63, 3.8) is 0 Å². The van der Waals surface area contributed by atoms with Crippen LogP contribution in [0.5, 0.6) is 0 Å². The highest BCUT2D eigenvalue weighted by atomic mass is 32.2. The highest BCUT2D eigenvalue weighted by molar-refractivity contribution is 8.02. The Balaban J connectivity index is 1.92. The van der Waals surface area contributed by atoms with Gasteiger partial charge >= 0.3 is 0 Å². The molecule has 26 heavy (non-hydrogen) atoms. The Morgan fingerprint density at radius 1 is 1.31 bits per heavy atom. The maximum atomic E-state index is 14.3. The van der Waals surface area contributed by atoms with Gasteiger partial charge in [0.05, 0.1) is 17.1 Å². The van der Waals surface area contributed by atoms with Crippen LogP contribution in [0.3, 0.4) is 0 Å². The van der Waals surface area contributed by atoms with Crippen molar-refractivity contribution in [1.82, 2.24) is 4.57 Å². The van der Waals surface area contributed by atoms with Crippen LogP contribution in [-0.2, 0) is 7.05 Å². The normalized spacial score (nSPS) is 15.0. The third-order valence-electron chi connectivity index (χ3n) is 4.75. The molecule has 0 atom stereocenters. The molecule has 0 spiro atoms. The molecule has 0 saturated heterocycles. The van der Waals surface area contributed by atoms with Gasteiger partial charge < -0.3 is 19.7 Å². The van der Waals surface area contributed by atoms with Gasteiger partial charge in [-0.25, -0.2) is 4.39 Å². The number of nitrogens with one attached hydrogen (secondary N) is 2. The molecule has 3 N–H and O–H groups in total. The maximum absolute atomic E-state index is 14.3. The van der Waals surface area contributed by atoms with Crippen LogP contribution in [0.1, 0.15) is 30.4 Å². The summed E-state index contributed by atoms with van der Waals surface area (Å²) in [4.78, 5) is 12.3. The van der Waals surface area contributed by atoms with E-state index in [9.17, 15) is 14.3 Å². The molecule has 1 aliphatic carbocycles. The average Bonchev–Trinajstić information content (AvgIpc) is 3.36. The number of hydrogen-bond donors (Lipinski definition) is 3. The number of nitrogens with zero attached hydrogens (tertiary/aromatic N) is 1. The van der Waals surface area contributed by atoms with Crippen molar-refractivity contribution >= 4 is 29.0 Å². The van der Waals surface area contributed by atoms with E-state index in [1.54, 1.807) is 38.2 Å². The Labute approximate surface area is 156 Å². The number of aliphatic hydroxyl groups excluding tert-OH is 1. The van der Waals surface area contributed by atoms with Crippen LogP contribution >= 0.6 is 11.9 Å². The maximum Gasteiger partial charge on any atom is 0.255 e. The standard InChI is InChI=1S/C19H24FN3O2S/c1-12-4-5-15(14(20)10-12)21-17-13(2)18(25)23(3)11-16(17)22-26-19(6-7-19)8-9-24/h4-5,10-11,21-22,24H,6-9H2,1-3H3. The van der Waals surface area contributed by atoms with Crippen molar-refractivity contribution in [2.75, 3.05) is 16.6 Å². The first kappa shape index (κ1) is 18.8. The highest BCUT2D eigenvalue weighted by Crippen LogP contribution is 2.51. The lowest BCUT2D eigenvalue weighted by atomic mass is 10.2. The summed E-state index contributed by atoms with van der Waals surface area (Å²) in [5.74, 6) is -0.359. The van der Waals surface area contributed by atoms with Crippen LogP contribution in [0.4, 0.5) is 21.5 Å². The lowest BCUT2D eigenvalue weighted by Crippen LogP contribution is -2.21. The monoisotopic (exact) mass is 377 g/mol. The Morgan fingerprint density at radius 2 is 2.04 bits per heavy atom. The second kappa shape index (κ2) is 7.32. The molecule has 1 aromatic carbocycles. The van der Waals surface area contributed by atoms with Gasteiger partial charge in [-0.15, -0.1) is 0 Å². The Kier molecular flexibility index (Phi) is 5.29. The molecule has 5 nitrogen and oxygen atoms in total. The molecule has 140 valence electrons. The Morgan fingerprint density at radius 3 is 2.65 bits per heavy atom. The second-order valence-corrected chi connectivity index (χ2v) is 8.20. The third-order valence-corrected chi connectivity index (χ3v) is 6.11. The molecule has 0 amide bonds. The molecule has 0 radical (unpaired) electrons. The number of rotatable bonds is 7. The van der Waals surface area contributed by atoms with Crippen LogP contribution in [-0.4, -0.2) is 21.0 Å². The summed E-state index contributed by atoms with van der Waals surface area (Å²) < 4.78 is 19.1. The zero-order valence-corrected chi connectivity index (χ0v) is 16.0. The molecule has 2 aromatic rings. The van der Waals surface area contributed by atoms with E-state index >= 15 is 0 Å². The van der Waals surface area contributed by atoms with Gasteiger partial charge in [0, 0.05) is 30.2 Å². The summed E-state index contributed by atoms with van der Waals surface area (Å²) in [6, 6.07) is 4.96. The van der Waals surface area contributed by atoms with E-state index in [2.05, 4.69) is 10.0 Å². The molecule has 1 heterocycles. The first-order chi connectivity index (χ1) is 12.3. The second-order valence-electron chi connectivity index (χ2n) is 6.93. The summed E-state index contributed by atoms with van der Waals surface area (Å²) in [5, 5.41) is 12.3. The molecule has 3 rings (SSSR count). The molecule has 1 fully saturated rings. The van der Waals surface area contributed by atoms with E-state index in [-0.39, 0.29) is 22.7 Å². The van der Waals surface area contributed by atoms with Gasteiger partial charge in [0.15, 0.2) is 0 Å². The van der Waals surface area contributed by atoms with E-state index in [4.69, 9.17) is 0 Å². The van der Waals surface area contributed by atoms with Gasteiger partial charge in [-0.3, -0.25) is 4.79 Å². The fourth-order valence-electron chi connectivity index (χ4n) is 2.89. The number of aromatic nitrogens is 1. The van der Waals surface area contributed by atoms with Crippen LogP contribution in [0.2, 0.25) is 0 Å². The molecule has 7 heteroatoms. The minimum atomic E-state index is -0.359. The molecule has 0 unspecified atom stereocenters. The first-order valence-corrected chi connectivity index (χ1v) is 9.45. The number of halogens is 1. The van der Waals surface area contributed by atoms with Gasteiger partial charge in [-0.05, 0) is 62.8 Å². The predicted molar refractivity (Wildman–Crippen MR) is 106 cm³/mol. The van der Waals surface area contributed by atoms with E-state index in [1.165, 1.54) is 10.6 Å². The first-order valence-electron chi connectivity index (χ1n) is 8.63. The van der Waals surface area contributed by atoms with Crippen LogP contribution in [0.25, 0.3) is 0 Å². The van der Waals surface area contributed by atoms with Crippen molar-refractivity contribution in [3.05, 3.63) is 51.7 Å². The lowest BCUT2D eigenvalue weighted by molar-refractivity contribution is 0.285. The van der Waals surface area contributed by atoms with Crippen molar-refractivity contribution < 1.29 is 9.50 Å². The van der Waals surface area contributed by atoms with Crippen molar-refractivity contribution in [3.8, 4) is 0 Å². The average molecular weight is 377 g/mol. The largest absolute Gasteiger partial charge is 0.396 e. The lowest BCUT2D eigenvalue weighted by Gasteiger charge is -2.20. The number of anilines is 3. The highest BCUT2D eigenvalue weighted by Gasteiger charge is 2.43. The van der Waals surface area contributed by atoms with E-state index in [1.807, 2.05) is 13.0 Å². The van der Waals surface area contributed by atoms with Gasteiger partial charge in [-0.2, -0.15) is 0 Å². The smallest absolute Gasteiger partial charge is 0.255 e. The summed E-state index contributed by atoms with van der Waals surface area (Å²) in [5.41, 5.74) is 2.85. The molecular formula is C19H24FN3O2S. The fraction of sp³-hybridized carbons (Fsp3) is 0.421. The van der Waals surface area contributed by atoms with Gasteiger partial charge in [0.1, 0.15) is 5.82 Å². The van der Waals surface area contributed by atoms with E-state index in [0.717, 1.165) is 30.5 Å². The molecule has 0 bridgehead atoms. The van der Waals surface area contributed by atoms with E-state index < -0.39 is 0 Å². The summed E-state index contributed by atoms with van der Waals surface area (Å²) in [6.07, 6.45) is 4.53. The molecule has 1 aromatic heterocycles. The molecule has 1 aliphatic rings. The number of benzene rings is 1. The fourth-order valence-corrected chi connectivity index (χ4v) is 3.88. The van der Waals surface area contributed by atoms with Gasteiger partial charge in [0.25, 0.3) is 5.56 Å². The summed E-state index contributed by atoms with van der Waals surface area (Å²) in [6.45, 7) is 3.71. The number of hydrogen-bond acceptors (Lipinski definition) is 5. The summed E-state index contributed by atoms with van der Waals surface area (Å²) in [7, 11) is 1.70. The molecule has 1 saturated carbocycles. The number of aliphatic hydroxyl groups is 1. The molecular weight excluding hydrogens is 353 g/mol. The van der Waals surface area contributed by atoms with Crippen LogP contribution in [0, 0.1) is 19.7 Å².